The molecule has 0 radical (unpaired) electrons. The normalized spacial score (nSPS) is 26.9. The highest BCUT2D eigenvalue weighted by Crippen LogP contribution is 2.37. The summed E-state index contributed by atoms with van der Waals surface area (Å²) in [6, 6.07) is 0. The van der Waals surface area contributed by atoms with E-state index in [1.165, 1.54) is 37.4 Å². The van der Waals surface area contributed by atoms with Crippen LogP contribution in [-0.2, 0) is 19.1 Å². The van der Waals surface area contributed by atoms with Crippen LogP contribution in [0.4, 0.5) is 0 Å². The Kier molecular flexibility index (Phi) is 3.92. The second-order valence-electron chi connectivity index (χ2n) is 2.41. The first-order valence-corrected chi connectivity index (χ1v) is 5.77. The molecular formula is C7H10O4S2. The molecule has 1 saturated heterocycles. The zero-order valence-corrected chi connectivity index (χ0v) is 8.94. The van der Waals surface area contributed by atoms with Gasteiger partial charge in [-0.25, -0.2) is 0 Å². The molecule has 1 heterocycles. The van der Waals surface area contributed by atoms with Crippen LogP contribution in [0.2, 0.25) is 0 Å². The van der Waals surface area contributed by atoms with Gasteiger partial charge in [0.25, 0.3) is 0 Å². The van der Waals surface area contributed by atoms with Crippen molar-refractivity contribution in [3.63, 3.8) is 0 Å². The third-order valence-corrected chi connectivity index (χ3v) is 3.86. The third kappa shape index (κ3) is 3.48. The quantitative estimate of drug-likeness (QED) is 0.654. The fraction of sp³-hybridized carbons (Fsp3) is 0.714. The Morgan fingerprint density at radius 2 is 1.46 bits per heavy atom. The lowest BCUT2D eigenvalue weighted by Crippen LogP contribution is -2.25. The molecule has 1 aliphatic heterocycles. The van der Waals surface area contributed by atoms with E-state index in [4.69, 9.17) is 9.47 Å². The predicted molar refractivity (Wildman–Crippen MR) is 51.2 cm³/mol. The zero-order valence-electron chi connectivity index (χ0n) is 7.31. The monoisotopic (exact) mass is 222 g/mol. The summed E-state index contributed by atoms with van der Waals surface area (Å²) in [7, 11) is 0. The lowest BCUT2D eigenvalue weighted by molar-refractivity contribution is -0.153. The maximum absolute atomic E-state index is 10.6. The van der Waals surface area contributed by atoms with Crippen molar-refractivity contribution >= 4 is 35.5 Å². The SMILES string of the molecule is CC(=O)OC1SCSC1OC(C)=O. The van der Waals surface area contributed by atoms with Crippen LogP contribution in [0.15, 0.2) is 0 Å². The molecule has 74 valence electrons. The van der Waals surface area contributed by atoms with E-state index in [-0.39, 0.29) is 22.8 Å². The Morgan fingerprint density at radius 1 is 1.08 bits per heavy atom. The number of hydrogen-bond acceptors (Lipinski definition) is 6. The van der Waals surface area contributed by atoms with Crippen LogP contribution in [0.3, 0.4) is 0 Å². The summed E-state index contributed by atoms with van der Waals surface area (Å²) in [5.74, 6) is -0.700. The number of carbonyl (C=O) groups is 2. The summed E-state index contributed by atoms with van der Waals surface area (Å²) in [5.41, 5.74) is -0.710. The molecule has 0 saturated carbocycles. The van der Waals surface area contributed by atoms with Gasteiger partial charge in [-0.2, -0.15) is 0 Å². The number of ether oxygens (including phenoxy) is 2. The molecule has 1 rings (SSSR count). The molecule has 2 atom stereocenters. The molecule has 1 aliphatic rings. The minimum absolute atomic E-state index is 0.350. The summed E-state index contributed by atoms with van der Waals surface area (Å²) in [6.45, 7) is 2.68. The van der Waals surface area contributed by atoms with Gasteiger partial charge in [-0.1, -0.05) is 0 Å². The Morgan fingerprint density at radius 3 is 1.77 bits per heavy atom. The van der Waals surface area contributed by atoms with E-state index >= 15 is 0 Å². The van der Waals surface area contributed by atoms with Crippen LogP contribution in [-0.4, -0.2) is 27.9 Å². The maximum atomic E-state index is 10.6. The summed E-state index contributed by atoms with van der Waals surface area (Å²) in [5, 5.41) is 0.774. The van der Waals surface area contributed by atoms with Crippen molar-refractivity contribution in [3.8, 4) is 0 Å². The smallest absolute Gasteiger partial charge is 0.303 e. The summed E-state index contributed by atoms with van der Waals surface area (Å²) < 4.78 is 9.90. The molecule has 0 aromatic heterocycles. The Balaban J connectivity index is 2.43. The molecule has 13 heavy (non-hydrogen) atoms. The second-order valence-corrected chi connectivity index (χ2v) is 4.95. The fourth-order valence-corrected chi connectivity index (χ4v) is 3.53. The van der Waals surface area contributed by atoms with Crippen LogP contribution < -0.4 is 0 Å². The van der Waals surface area contributed by atoms with Crippen molar-refractivity contribution in [3.05, 3.63) is 0 Å². The lowest BCUT2D eigenvalue weighted by atomic mass is 10.7. The molecule has 0 aliphatic carbocycles. The Labute approximate surface area is 84.7 Å². The minimum atomic E-state index is -0.355. The van der Waals surface area contributed by atoms with Gasteiger partial charge in [-0.15, -0.1) is 23.5 Å². The van der Waals surface area contributed by atoms with Gasteiger partial charge in [-0.3, -0.25) is 9.59 Å². The highest BCUT2D eigenvalue weighted by Gasteiger charge is 2.33. The average Bonchev–Trinajstić information content (AvgIpc) is 2.34. The van der Waals surface area contributed by atoms with Crippen LogP contribution in [0, 0.1) is 0 Å². The zero-order chi connectivity index (χ0) is 9.84. The van der Waals surface area contributed by atoms with Crippen molar-refractivity contribution in [1.82, 2.24) is 0 Å². The first kappa shape index (κ1) is 10.7. The fourth-order valence-electron chi connectivity index (χ4n) is 0.837. The molecule has 2 unspecified atom stereocenters. The van der Waals surface area contributed by atoms with E-state index in [1.807, 2.05) is 0 Å². The number of rotatable bonds is 2. The molecule has 1 fully saturated rings. The molecular weight excluding hydrogens is 212 g/mol. The van der Waals surface area contributed by atoms with Crippen molar-refractivity contribution < 1.29 is 19.1 Å². The first-order chi connectivity index (χ1) is 6.09. The van der Waals surface area contributed by atoms with Gasteiger partial charge in [0.2, 0.25) is 0 Å². The molecule has 0 aromatic carbocycles. The topological polar surface area (TPSA) is 52.6 Å². The first-order valence-electron chi connectivity index (χ1n) is 3.67. The molecule has 0 bridgehead atoms. The van der Waals surface area contributed by atoms with Gasteiger partial charge in [-0.05, 0) is 0 Å². The number of esters is 2. The number of carbonyl (C=O) groups excluding carboxylic acids is 2. The van der Waals surface area contributed by atoms with Crippen molar-refractivity contribution in [1.29, 1.82) is 0 Å². The summed E-state index contributed by atoms with van der Waals surface area (Å²) >= 11 is 2.93. The Bertz CT molecular complexity index is 197. The van der Waals surface area contributed by atoms with Gasteiger partial charge in [0.1, 0.15) is 0 Å². The lowest BCUT2D eigenvalue weighted by Gasteiger charge is -2.16. The van der Waals surface area contributed by atoms with Crippen LogP contribution in [0.1, 0.15) is 13.8 Å². The van der Waals surface area contributed by atoms with Crippen LogP contribution in [0.5, 0.6) is 0 Å². The van der Waals surface area contributed by atoms with E-state index in [2.05, 4.69) is 0 Å². The molecule has 0 N–H and O–H groups in total. The van der Waals surface area contributed by atoms with Crippen molar-refractivity contribution in [2.24, 2.45) is 0 Å². The third-order valence-electron chi connectivity index (χ3n) is 1.25. The number of thioether (sulfide) groups is 2. The molecule has 0 spiro atoms. The van der Waals surface area contributed by atoms with E-state index in [0.717, 1.165) is 5.08 Å². The van der Waals surface area contributed by atoms with Crippen molar-refractivity contribution in [2.45, 2.75) is 24.7 Å². The predicted octanol–water partition coefficient (Wildman–Crippen LogP) is 1.20. The van der Waals surface area contributed by atoms with E-state index < -0.39 is 0 Å². The van der Waals surface area contributed by atoms with Crippen molar-refractivity contribution in [2.75, 3.05) is 5.08 Å². The van der Waals surface area contributed by atoms with Gasteiger partial charge in [0.05, 0.1) is 0 Å². The molecule has 0 amide bonds. The van der Waals surface area contributed by atoms with E-state index in [0.29, 0.717) is 0 Å². The highest BCUT2D eigenvalue weighted by atomic mass is 32.2. The van der Waals surface area contributed by atoms with Crippen LogP contribution >= 0.6 is 23.5 Å². The molecule has 6 heteroatoms. The van der Waals surface area contributed by atoms with Gasteiger partial charge in [0.15, 0.2) is 10.9 Å². The molecule has 4 nitrogen and oxygen atoms in total. The highest BCUT2D eigenvalue weighted by molar-refractivity contribution is 8.19. The number of hydrogen-bond donors (Lipinski definition) is 0. The van der Waals surface area contributed by atoms with Gasteiger partial charge < -0.3 is 9.47 Å². The molecule has 0 aromatic rings. The van der Waals surface area contributed by atoms with E-state index in [1.54, 1.807) is 0 Å². The van der Waals surface area contributed by atoms with Crippen LogP contribution in [0.25, 0.3) is 0 Å². The largest absolute Gasteiger partial charge is 0.446 e. The minimum Gasteiger partial charge on any atom is -0.446 e. The second kappa shape index (κ2) is 4.76. The summed E-state index contributed by atoms with van der Waals surface area (Å²) in [4.78, 5) is 21.3. The van der Waals surface area contributed by atoms with E-state index in [9.17, 15) is 9.59 Å². The Hall–Kier alpha value is -0.360. The van der Waals surface area contributed by atoms with Gasteiger partial charge >= 0.3 is 11.9 Å². The summed E-state index contributed by atoms with van der Waals surface area (Å²) in [6.07, 6.45) is 0. The average molecular weight is 222 g/mol. The maximum Gasteiger partial charge on any atom is 0.303 e. The van der Waals surface area contributed by atoms with Gasteiger partial charge in [0, 0.05) is 18.9 Å². The standard InChI is InChI=1S/C7H10O4S2/c1-4(8)10-6-7(11-5(2)9)13-3-12-6/h6-7H,3H2,1-2H3.